The van der Waals surface area contributed by atoms with Crippen LogP contribution in [0.3, 0.4) is 0 Å². The van der Waals surface area contributed by atoms with Gasteiger partial charge in [0.05, 0.1) is 18.2 Å². The lowest BCUT2D eigenvalue weighted by atomic mass is 9.64. The predicted octanol–water partition coefficient (Wildman–Crippen LogP) is 12.2. The first-order valence-electron chi connectivity index (χ1n) is 22.2. The van der Waals surface area contributed by atoms with E-state index in [1.54, 1.807) is 11.0 Å². The Labute approximate surface area is 361 Å². The van der Waals surface area contributed by atoms with Crippen molar-refractivity contribution in [2.45, 2.75) is 136 Å². The van der Waals surface area contributed by atoms with Crippen LogP contribution in [0.5, 0.6) is 0 Å². The number of allylic oxidation sites excluding steroid dienone is 2. The van der Waals surface area contributed by atoms with Gasteiger partial charge in [-0.1, -0.05) is 118 Å². The first-order chi connectivity index (χ1) is 28.7. The molecule has 6 nitrogen and oxygen atoms in total. The van der Waals surface area contributed by atoms with Crippen LogP contribution in [-0.2, 0) is 24.1 Å². The van der Waals surface area contributed by atoms with Crippen molar-refractivity contribution in [2.24, 2.45) is 23.2 Å². The number of Topliss-reactive ketones (excluding diaryl/α,β-unsaturated/α-hetero) is 1. The maximum absolute atomic E-state index is 15.1. The average Bonchev–Trinajstić information content (AvgIpc) is 3.46. The number of hydrogen-bond donors (Lipinski definition) is 2. The molecular weight excluding hydrogens is 773 g/mol. The molecule has 4 aliphatic carbocycles. The molecule has 2 saturated carbocycles. The molecule has 4 aromatic rings. The molecule has 1 amide bonds. The molecule has 0 aliphatic heterocycles. The van der Waals surface area contributed by atoms with Crippen molar-refractivity contribution in [1.82, 2.24) is 4.90 Å². The summed E-state index contributed by atoms with van der Waals surface area (Å²) in [6.45, 7) is 11.2. The quantitative estimate of drug-likeness (QED) is 0.130. The maximum Gasteiger partial charge on any atom is 0.410 e. The summed E-state index contributed by atoms with van der Waals surface area (Å²) in [7, 11) is 0. The van der Waals surface area contributed by atoms with Gasteiger partial charge in [-0.3, -0.25) is 4.79 Å². The molecule has 7 unspecified atom stereocenters. The number of nitrogens with zero attached hydrogens (tertiary/aromatic N) is 1. The number of fused-ring (bicyclic) bond motifs is 9. The van der Waals surface area contributed by atoms with Gasteiger partial charge in [-0.15, -0.1) is 0 Å². The van der Waals surface area contributed by atoms with E-state index >= 15 is 4.39 Å². The second kappa shape index (κ2) is 18.5. The molecule has 8 rings (SSSR count). The zero-order valence-electron chi connectivity index (χ0n) is 36.1. The Bertz CT molecular complexity index is 2190. The highest BCUT2D eigenvalue weighted by Crippen LogP contribution is 2.59. The SMILES string of the molecule is CC1=CCCC2(C)C(CCC2(O)CN(Cc2cccc3ccccc23)C(=O)OC2CC(C)CCC2C(C)C)c2ccc(cc2C(=O)Cc2c(F)cccc2Cl)CC(O)CC1. The number of benzene rings is 4. The fourth-order valence-corrected chi connectivity index (χ4v) is 11.0. The van der Waals surface area contributed by atoms with Crippen molar-refractivity contribution in [3.8, 4) is 0 Å². The number of ketones is 1. The topological polar surface area (TPSA) is 87.1 Å². The van der Waals surface area contributed by atoms with Crippen LogP contribution >= 0.6 is 11.6 Å². The van der Waals surface area contributed by atoms with Crippen LogP contribution in [0, 0.1) is 29.0 Å². The smallest absolute Gasteiger partial charge is 0.410 e. The van der Waals surface area contributed by atoms with Crippen molar-refractivity contribution < 1.29 is 28.9 Å². The first-order valence-corrected chi connectivity index (χ1v) is 22.6. The number of aliphatic hydroxyl groups excluding tert-OH is 1. The summed E-state index contributed by atoms with van der Waals surface area (Å²) in [5.74, 6) is 0.00129. The maximum atomic E-state index is 15.1. The van der Waals surface area contributed by atoms with Crippen molar-refractivity contribution in [1.29, 1.82) is 0 Å². The lowest BCUT2D eigenvalue weighted by Crippen LogP contribution is -2.54. The number of ether oxygens (including phenoxy) is 1. The van der Waals surface area contributed by atoms with E-state index < -0.39 is 29.0 Å². The van der Waals surface area contributed by atoms with Crippen LogP contribution < -0.4 is 0 Å². The molecule has 0 saturated heterocycles. The minimum absolute atomic E-state index is 0.0533. The largest absolute Gasteiger partial charge is 0.446 e. The van der Waals surface area contributed by atoms with Crippen molar-refractivity contribution in [3.63, 3.8) is 0 Å². The second-order valence-corrected chi connectivity index (χ2v) is 19.4. The van der Waals surface area contributed by atoms with Gasteiger partial charge in [-0.2, -0.15) is 0 Å². The molecule has 60 heavy (non-hydrogen) atoms. The Kier molecular flexibility index (Phi) is 13.6. The molecule has 8 heteroatoms. The fourth-order valence-electron chi connectivity index (χ4n) is 10.8. The van der Waals surface area contributed by atoms with E-state index in [0.717, 1.165) is 53.1 Å². The van der Waals surface area contributed by atoms with Crippen LogP contribution in [0.15, 0.2) is 90.5 Å². The molecule has 0 aromatic heterocycles. The summed E-state index contributed by atoms with van der Waals surface area (Å²) in [5.41, 5.74) is 2.23. The van der Waals surface area contributed by atoms with E-state index in [0.29, 0.717) is 55.9 Å². The van der Waals surface area contributed by atoms with E-state index in [1.807, 2.05) is 36.4 Å². The minimum Gasteiger partial charge on any atom is -0.446 e. The molecule has 0 heterocycles. The molecule has 4 aromatic carbocycles. The molecule has 2 fully saturated rings. The molecule has 0 radical (unpaired) electrons. The number of amides is 1. The molecule has 7 atom stereocenters. The minimum atomic E-state index is -1.36. The van der Waals surface area contributed by atoms with Crippen LogP contribution in [0.4, 0.5) is 9.18 Å². The van der Waals surface area contributed by atoms with Gasteiger partial charge in [0.1, 0.15) is 11.9 Å². The number of hydrogen-bond acceptors (Lipinski definition) is 5. The van der Waals surface area contributed by atoms with E-state index in [1.165, 1.54) is 17.7 Å². The van der Waals surface area contributed by atoms with E-state index in [-0.39, 0.29) is 53.8 Å². The summed E-state index contributed by atoms with van der Waals surface area (Å²) in [5, 5.41) is 26.8. The molecule has 0 spiro atoms. The Hall–Kier alpha value is -4.04. The van der Waals surface area contributed by atoms with Gasteiger partial charge in [-0.25, -0.2) is 9.18 Å². The number of carbonyl (C=O) groups excluding carboxylic acids is 2. The van der Waals surface area contributed by atoms with Crippen molar-refractivity contribution in [2.75, 3.05) is 6.54 Å². The van der Waals surface area contributed by atoms with Gasteiger partial charge in [0.2, 0.25) is 0 Å². The summed E-state index contributed by atoms with van der Waals surface area (Å²) < 4.78 is 21.7. The van der Waals surface area contributed by atoms with Gasteiger partial charge in [0, 0.05) is 34.5 Å². The number of carbonyl (C=O) groups is 2. The highest BCUT2D eigenvalue weighted by atomic mass is 35.5. The zero-order valence-corrected chi connectivity index (χ0v) is 36.8. The van der Waals surface area contributed by atoms with Gasteiger partial charge in [-0.05, 0) is 134 Å². The predicted molar refractivity (Wildman–Crippen MR) is 239 cm³/mol. The van der Waals surface area contributed by atoms with Crippen LogP contribution in [0.1, 0.15) is 131 Å². The third-order valence-electron chi connectivity index (χ3n) is 14.5. The Morgan fingerprint density at radius 2 is 1.75 bits per heavy atom. The van der Waals surface area contributed by atoms with Crippen LogP contribution in [0.25, 0.3) is 10.8 Å². The molecular formula is C52H63ClFNO5. The van der Waals surface area contributed by atoms with Gasteiger partial charge in [0.25, 0.3) is 0 Å². The Balaban J connectivity index is 1.30. The fraction of sp³-hybridized carbons (Fsp3) is 0.500. The van der Waals surface area contributed by atoms with Gasteiger partial charge >= 0.3 is 6.09 Å². The van der Waals surface area contributed by atoms with Gasteiger partial charge in [0.15, 0.2) is 5.78 Å². The molecule has 2 N–H and O–H groups in total. The van der Waals surface area contributed by atoms with Crippen LogP contribution in [-0.4, -0.2) is 51.3 Å². The molecule has 4 aliphatic rings. The monoisotopic (exact) mass is 835 g/mol. The number of halogens is 2. The summed E-state index contributed by atoms with van der Waals surface area (Å²) in [6, 6.07) is 24.6. The van der Waals surface area contributed by atoms with E-state index in [2.05, 4.69) is 65.0 Å². The second-order valence-electron chi connectivity index (χ2n) is 19.0. The zero-order chi connectivity index (χ0) is 42.8. The number of aliphatic hydroxyl groups is 2. The normalized spacial score (nSPS) is 27.3. The third-order valence-corrected chi connectivity index (χ3v) is 14.9. The highest BCUT2D eigenvalue weighted by molar-refractivity contribution is 6.31. The first kappa shape index (κ1) is 44.0. The highest BCUT2D eigenvalue weighted by Gasteiger charge is 2.58. The van der Waals surface area contributed by atoms with Crippen molar-refractivity contribution in [3.05, 3.63) is 129 Å². The van der Waals surface area contributed by atoms with Crippen LogP contribution in [0.2, 0.25) is 5.02 Å². The lowest BCUT2D eigenvalue weighted by molar-refractivity contribution is -0.0876. The Morgan fingerprint density at radius 3 is 2.53 bits per heavy atom. The van der Waals surface area contributed by atoms with E-state index in [9.17, 15) is 19.8 Å². The standard InChI is InChI=1S/C52H63ClFNO5/c1-33(2)40-22-19-35(4)27-49(40)60-50(58)55(31-38-14-8-13-37-12-6-7-15-41(37)38)32-52(59)26-24-45-42-23-20-36(28-39(56)21-18-34(3)11-10-25-51(45,52)5)29-43(42)48(57)30-44-46(53)16-9-17-47(44)54/h6-9,11-17,20,23,29,33,35,39-40,45,49,56,59H,10,18-19,21-22,24-28,30-32H2,1-5H3. The summed E-state index contributed by atoms with van der Waals surface area (Å²) in [6.07, 6.45) is 7.64. The third kappa shape index (κ3) is 9.39. The summed E-state index contributed by atoms with van der Waals surface area (Å²) >= 11 is 6.45. The van der Waals surface area contributed by atoms with E-state index in [4.69, 9.17) is 16.3 Å². The molecule has 320 valence electrons. The lowest BCUT2D eigenvalue weighted by Gasteiger charge is -2.46. The number of rotatable bonds is 9. The summed E-state index contributed by atoms with van der Waals surface area (Å²) in [4.78, 5) is 31.0. The van der Waals surface area contributed by atoms with Gasteiger partial charge < -0.3 is 19.8 Å². The molecule has 2 bridgehead atoms. The average molecular weight is 837 g/mol. The van der Waals surface area contributed by atoms with Crippen molar-refractivity contribution >= 4 is 34.2 Å². The Morgan fingerprint density at radius 1 is 0.983 bits per heavy atom.